The van der Waals surface area contributed by atoms with Crippen molar-refractivity contribution in [2.75, 3.05) is 13.2 Å². The molecule has 0 heterocycles. The Balaban J connectivity index is 4.28. The molecular weight excluding hydrogens is 805 g/mol. The molecule has 6 heteroatoms. The van der Waals surface area contributed by atoms with Crippen molar-refractivity contribution in [2.24, 2.45) is 11.8 Å². The van der Waals surface area contributed by atoms with Gasteiger partial charge in [0.1, 0.15) is 13.2 Å². The normalized spacial score (nSPS) is 12.5. The van der Waals surface area contributed by atoms with E-state index in [1.165, 1.54) is 218 Å². The van der Waals surface area contributed by atoms with Crippen molar-refractivity contribution < 1.29 is 28.6 Å². The molecule has 65 heavy (non-hydrogen) atoms. The number of esters is 3. The Labute approximate surface area is 406 Å². The predicted molar refractivity (Wildman–Crippen MR) is 280 cm³/mol. The van der Waals surface area contributed by atoms with Crippen LogP contribution in [-0.4, -0.2) is 37.2 Å². The maximum atomic E-state index is 12.9. The van der Waals surface area contributed by atoms with Gasteiger partial charge in [-0.2, -0.15) is 0 Å². The number of hydrogen-bond acceptors (Lipinski definition) is 6. The third-order valence-corrected chi connectivity index (χ3v) is 13.8. The first kappa shape index (κ1) is 63.4. The first-order chi connectivity index (χ1) is 31.8. The molecule has 0 aliphatic carbocycles. The molecule has 0 rings (SSSR count). The van der Waals surface area contributed by atoms with Gasteiger partial charge in [-0.3, -0.25) is 14.4 Å². The minimum atomic E-state index is -0.763. The Hall–Kier alpha value is -1.59. The largest absolute Gasteiger partial charge is 0.462 e. The second-order valence-electron chi connectivity index (χ2n) is 21.0. The number of unbranched alkanes of at least 4 members (excludes halogenated alkanes) is 37. The zero-order valence-corrected chi connectivity index (χ0v) is 44.6. The van der Waals surface area contributed by atoms with Crippen LogP contribution in [0.15, 0.2) is 0 Å². The minimum Gasteiger partial charge on any atom is -0.462 e. The highest BCUT2D eigenvalue weighted by Gasteiger charge is 2.19. The number of rotatable bonds is 53. The van der Waals surface area contributed by atoms with Crippen LogP contribution in [0.25, 0.3) is 0 Å². The summed E-state index contributed by atoms with van der Waals surface area (Å²) >= 11 is 0. The molecule has 0 saturated carbocycles. The first-order valence-electron chi connectivity index (χ1n) is 29.3. The fraction of sp³-hybridized carbons (Fsp3) is 0.949. The van der Waals surface area contributed by atoms with E-state index >= 15 is 0 Å². The van der Waals surface area contributed by atoms with Crippen molar-refractivity contribution in [2.45, 2.75) is 336 Å². The molecular formula is C59H114O6. The van der Waals surface area contributed by atoms with Gasteiger partial charge in [0.15, 0.2) is 6.10 Å². The summed E-state index contributed by atoms with van der Waals surface area (Å²) in [6, 6.07) is 0. The maximum absolute atomic E-state index is 12.9. The number of carbonyl (C=O) groups excluding carboxylic acids is 3. The van der Waals surface area contributed by atoms with Crippen LogP contribution in [0.4, 0.5) is 0 Å². The molecule has 0 aliphatic rings. The molecule has 0 aromatic heterocycles. The van der Waals surface area contributed by atoms with Crippen LogP contribution in [-0.2, 0) is 28.6 Å². The molecule has 6 nitrogen and oxygen atoms in total. The van der Waals surface area contributed by atoms with Gasteiger partial charge in [-0.25, -0.2) is 0 Å². The highest BCUT2D eigenvalue weighted by Crippen LogP contribution is 2.19. The molecule has 1 unspecified atom stereocenters. The summed E-state index contributed by atoms with van der Waals surface area (Å²) < 4.78 is 16.9. The smallest absolute Gasteiger partial charge is 0.306 e. The Morgan fingerprint density at radius 1 is 0.323 bits per heavy atom. The standard InChI is InChI=1S/C59H114O6/c1-6-8-9-10-11-12-13-14-15-16-17-21-24-29-34-39-44-49-57(60)63-52-56(53-64-58(61)50-45-40-35-31-26-27-32-37-42-47-54(3)4)65-59(62)51-46-41-36-30-25-22-19-18-20-23-28-33-38-43-48-55(5)7-2/h54-56H,6-53H2,1-5H3/t55?,56-/m1/s1. The van der Waals surface area contributed by atoms with Gasteiger partial charge in [-0.05, 0) is 31.1 Å². The molecule has 0 amide bonds. The van der Waals surface area contributed by atoms with E-state index in [0.717, 1.165) is 69.6 Å². The molecule has 0 saturated heterocycles. The lowest BCUT2D eigenvalue weighted by Crippen LogP contribution is -2.30. The zero-order valence-electron chi connectivity index (χ0n) is 44.6. The minimum absolute atomic E-state index is 0.0628. The van der Waals surface area contributed by atoms with Crippen LogP contribution in [0.2, 0.25) is 0 Å². The first-order valence-corrected chi connectivity index (χ1v) is 29.3. The van der Waals surface area contributed by atoms with E-state index in [-0.39, 0.29) is 31.1 Å². The fourth-order valence-electron chi connectivity index (χ4n) is 9.02. The van der Waals surface area contributed by atoms with Gasteiger partial charge in [0.05, 0.1) is 0 Å². The van der Waals surface area contributed by atoms with E-state index in [2.05, 4.69) is 34.6 Å². The highest BCUT2D eigenvalue weighted by atomic mass is 16.6. The lowest BCUT2D eigenvalue weighted by atomic mass is 9.99. The second kappa shape index (κ2) is 51.8. The van der Waals surface area contributed by atoms with E-state index < -0.39 is 6.10 Å². The molecule has 0 bridgehead atoms. The van der Waals surface area contributed by atoms with Crippen molar-refractivity contribution in [3.05, 3.63) is 0 Å². The third kappa shape index (κ3) is 51.6. The van der Waals surface area contributed by atoms with E-state index in [1.807, 2.05) is 0 Å². The van der Waals surface area contributed by atoms with Gasteiger partial charge in [-0.15, -0.1) is 0 Å². The van der Waals surface area contributed by atoms with Crippen molar-refractivity contribution >= 4 is 17.9 Å². The van der Waals surface area contributed by atoms with Crippen molar-refractivity contribution in [3.63, 3.8) is 0 Å². The monoisotopic (exact) mass is 919 g/mol. The van der Waals surface area contributed by atoms with E-state index in [4.69, 9.17) is 14.2 Å². The molecule has 2 atom stereocenters. The predicted octanol–water partition coefficient (Wildman–Crippen LogP) is 19.3. The second-order valence-corrected chi connectivity index (χ2v) is 21.0. The van der Waals surface area contributed by atoms with Crippen molar-refractivity contribution in [1.82, 2.24) is 0 Å². The lowest BCUT2D eigenvalue weighted by molar-refractivity contribution is -0.167. The summed E-state index contributed by atoms with van der Waals surface area (Å²) in [5.74, 6) is 0.863. The summed E-state index contributed by atoms with van der Waals surface area (Å²) in [6.45, 7) is 11.4. The van der Waals surface area contributed by atoms with Gasteiger partial charge >= 0.3 is 17.9 Å². The SMILES string of the molecule is CCCCCCCCCCCCCCCCCCCC(=O)OC[C@H](COC(=O)CCCCCCCCCCCC(C)C)OC(=O)CCCCCCCCCCCCCCCCC(C)CC. The van der Waals surface area contributed by atoms with Crippen LogP contribution < -0.4 is 0 Å². The maximum Gasteiger partial charge on any atom is 0.306 e. The summed E-state index contributed by atoms with van der Waals surface area (Å²) in [6.07, 6.45) is 55.2. The van der Waals surface area contributed by atoms with Crippen molar-refractivity contribution in [3.8, 4) is 0 Å². The Kier molecular flexibility index (Phi) is 50.5. The summed E-state index contributed by atoms with van der Waals surface area (Å²) in [5, 5.41) is 0. The molecule has 0 aromatic carbocycles. The molecule has 0 spiro atoms. The Morgan fingerprint density at radius 3 is 0.877 bits per heavy atom. The molecule has 0 radical (unpaired) electrons. The van der Waals surface area contributed by atoms with Gasteiger partial charge < -0.3 is 14.2 Å². The number of carbonyl (C=O) groups is 3. The topological polar surface area (TPSA) is 78.9 Å². The number of hydrogen-bond donors (Lipinski definition) is 0. The molecule has 0 N–H and O–H groups in total. The third-order valence-electron chi connectivity index (χ3n) is 13.8. The average Bonchev–Trinajstić information content (AvgIpc) is 3.29. The average molecular weight is 920 g/mol. The summed E-state index contributed by atoms with van der Waals surface area (Å²) in [7, 11) is 0. The quantitative estimate of drug-likeness (QED) is 0.0344. The zero-order chi connectivity index (χ0) is 47.5. The van der Waals surface area contributed by atoms with Crippen LogP contribution in [0, 0.1) is 11.8 Å². The lowest BCUT2D eigenvalue weighted by Gasteiger charge is -2.18. The van der Waals surface area contributed by atoms with Gasteiger partial charge in [0.25, 0.3) is 0 Å². The molecule has 0 fully saturated rings. The van der Waals surface area contributed by atoms with Crippen LogP contribution in [0.1, 0.15) is 330 Å². The van der Waals surface area contributed by atoms with Crippen LogP contribution in [0.3, 0.4) is 0 Å². The fourth-order valence-corrected chi connectivity index (χ4v) is 9.02. The number of ether oxygens (including phenoxy) is 3. The molecule has 386 valence electrons. The van der Waals surface area contributed by atoms with Crippen LogP contribution >= 0.6 is 0 Å². The summed E-state index contributed by atoms with van der Waals surface area (Å²) in [4.78, 5) is 38.1. The van der Waals surface area contributed by atoms with Gasteiger partial charge in [0.2, 0.25) is 0 Å². The highest BCUT2D eigenvalue weighted by molar-refractivity contribution is 5.71. The van der Waals surface area contributed by atoms with E-state index in [0.29, 0.717) is 19.3 Å². The summed E-state index contributed by atoms with van der Waals surface area (Å²) in [5.41, 5.74) is 0. The van der Waals surface area contributed by atoms with E-state index in [9.17, 15) is 14.4 Å². The van der Waals surface area contributed by atoms with Crippen molar-refractivity contribution in [1.29, 1.82) is 0 Å². The van der Waals surface area contributed by atoms with Gasteiger partial charge in [-0.1, -0.05) is 291 Å². The van der Waals surface area contributed by atoms with E-state index in [1.54, 1.807) is 0 Å². The Bertz CT molecular complexity index is 995. The molecule has 0 aromatic rings. The van der Waals surface area contributed by atoms with Crippen LogP contribution in [0.5, 0.6) is 0 Å². The molecule has 0 aliphatic heterocycles. The Morgan fingerprint density at radius 2 is 0.585 bits per heavy atom. The van der Waals surface area contributed by atoms with Gasteiger partial charge in [0, 0.05) is 19.3 Å².